The smallest absolute Gasteiger partial charge is 0.314 e. The van der Waals surface area contributed by atoms with E-state index in [1.165, 1.54) is 6.21 Å². The molecule has 1 atom stereocenters. The van der Waals surface area contributed by atoms with Gasteiger partial charge in [0, 0.05) is 6.21 Å². The van der Waals surface area contributed by atoms with Crippen LogP contribution in [0.4, 0.5) is 0 Å². The van der Waals surface area contributed by atoms with Gasteiger partial charge in [0.1, 0.15) is 0 Å². The third-order valence-electron chi connectivity index (χ3n) is 1.89. The lowest BCUT2D eigenvalue weighted by molar-refractivity contribution is -0.145. The number of esters is 1. The number of unbranched alkanes of at least 4 members (excludes halogenated alkanes) is 1. The molecule has 1 unspecified atom stereocenters. The summed E-state index contributed by atoms with van der Waals surface area (Å²) in [6.45, 7) is 4.21. The first-order valence-electron chi connectivity index (χ1n) is 5.37. The second-order valence-electron chi connectivity index (χ2n) is 3.25. The van der Waals surface area contributed by atoms with Gasteiger partial charge in [-0.05, 0) is 25.6 Å². The van der Waals surface area contributed by atoms with Gasteiger partial charge in [-0.1, -0.05) is 19.8 Å². The standard InChI is InChI=1S/C10H19N3O2S/c1-3-5-6-8(9(14)15-4-2)7-12-13-10(11)16/h7-8H,3-6H2,1-2H3,(H3,11,13,16). The van der Waals surface area contributed by atoms with Crippen molar-refractivity contribution in [2.75, 3.05) is 6.61 Å². The zero-order valence-electron chi connectivity index (χ0n) is 9.73. The van der Waals surface area contributed by atoms with Crippen LogP contribution in [0.3, 0.4) is 0 Å². The molecule has 5 nitrogen and oxygen atoms in total. The topological polar surface area (TPSA) is 76.7 Å². The fourth-order valence-corrected chi connectivity index (χ4v) is 1.17. The maximum absolute atomic E-state index is 11.5. The first-order valence-corrected chi connectivity index (χ1v) is 5.77. The molecule has 0 saturated heterocycles. The van der Waals surface area contributed by atoms with E-state index in [4.69, 9.17) is 10.5 Å². The fraction of sp³-hybridized carbons (Fsp3) is 0.700. The average Bonchev–Trinajstić information content (AvgIpc) is 2.22. The van der Waals surface area contributed by atoms with Crippen LogP contribution >= 0.6 is 12.2 Å². The van der Waals surface area contributed by atoms with Crippen LogP contribution in [0.1, 0.15) is 33.1 Å². The predicted octanol–water partition coefficient (Wildman–Crippen LogP) is 1.17. The molecule has 92 valence electrons. The molecule has 0 rings (SSSR count). The van der Waals surface area contributed by atoms with Gasteiger partial charge in [0.15, 0.2) is 5.11 Å². The molecule has 0 fully saturated rings. The van der Waals surface area contributed by atoms with Crippen molar-refractivity contribution >= 4 is 29.5 Å². The summed E-state index contributed by atoms with van der Waals surface area (Å²) >= 11 is 4.59. The molecule has 0 aromatic rings. The van der Waals surface area contributed by atoms with Crippen molar-refractivity contribution in [2.24, 2.45) is 16.8 Å². The molecule has 0 saturated carbocycles. The summed E-state index contributed by atoms with van der Waals surface area (Å²) in [6, 6.07) is 0. The first kappa shape index (κ1) is 14.8. The van der Waals surface area contributed by atoms with Gasteiger partial charge in [0.25, 0.3) is 0 Å². The second kappa shape index (κ2) is 9.08. The first-order chi connectivity index (χ1) is 7.61. The van der Waals surface area contributed by atoms with Crippen molar-refractivity contribution in [3.05, 3.63) is 0 Å². The largest absolute Gasteiger partial charge is 0.465 e. The average molecular weight is 245 g/mol. The van der Waals surface area contributed by atoms with Crippen LogP contribution in [0.25, 0.3) is 0 Å². The van der Waals surface area contributed by atoms with Gasteiger partial charge in [0.05, 0.1) is 12.5 Å². The van der Waals surface area contributed by atoms with Crippen molar-refractivity contribution in [1.29, 1.82) is 0 Å². The summed E-state index contributed by atoms with van der Waals surface area (Å²) in [5.41, 5.74) is 7.62. The van der Waals surface area contributed by atoms with Gasteiger partial charge >= 0.3 is 5.97 Å². The maximum atomic E-state index is 11.5. The molecule has 0 bridgehead atoms. The molecule has 0 aromatic heterocycles. The number of nitrogens with zero attached hydrogens (tertiary/aromatic N) is 1. The Balaban J connectivity index is 4.23. The SMILES string of the molecule is CCCCC(C=NNC(N)=S)C(=O)OCC. The van der Waals surface area contributed by atoms with E-state index in [-0.39, 0.29) is 17.0 Å². The highest BCUT2D eigenvalue weighted by Crippen LogP contribution is 2.08. The van der Waals surface area contributed by atoms with Crippen LogP contribution in [-0.2, 0) is 9.53 Å². The molecule has 0 aliphatic carbocycles. The van der Waals surface area contributed by atoms with Crippen LogP contribution in [0, 0.1) is 5.92 Å². The Kier molecular flexibility index (Phi) is 8.42. The third-order valence-corrected chi connectivity index (χ3v) is 1.98. The van der Waals surface area contributed by atoms with Crippen molar-refractivity contribution < 1.29 is 9.53 Å². The van der Waals surface area contributed by atoms with Gasteiger partial charge in [-0.3, -0.25) is 10.2 Å². The van der Waals surface area contributed by atoms with Crippen molar-refractivity contribution in [3.8, 4) is 0 Å². The number of hydrazone groups is 1. The maximum Gasteiger partial charge on any atom is 0.314 e. The summed E-state index contributed by atoms with van der Waals surface area (Å²) in [6.07, 6.45) is 4.18. The highest BCUT2D eigenvalue weighted by atomic mass is 32.1. The molecular weight excluding hydrogens is 226 g/mol. The molecule has 16 heavy (non-hydrogen) atoms. The van der Waals surface area contributed by atoms with E-state index in [1.807, 2.05) is 0 Å². The van der Waals surface area contributed by atoms with E-state index in [9.17, 15) is 4.79 Å². The molecule has 6 heteroatoms. The Morgan fingerprint density at radius 3 is 2.81 bits per heavy atom. The highest BCUT2D eigenvalue weighted by Gasteiger charge is 2.16. The number of hydrogen-bond acceptors (Lipinski definition) is 4. The zero-order chi connectivity index (χ0) is 12.4. The van der Waals surface area contributed by atoms with Gasteiger partial charge in [-0.2, -0.15) is 5.10 Å². The minimum absolute atomic E-state index is 0.0781. The van der Waals surface area contributed by atoms with Gasteiger partial charge in [-0.25, -0.2) is 0 Å². The van der Waals surface area contributed by atoms with Crippen LogP contribution in [0.15, 0.2) is 5.10 Å². The van der Waals surface area contributed by atoms with E-state index >= 15 is 0 Å². The third kappa shape index (κ3) is 7.17. The number of thiocarbonyl (C=S) groups is 1. The van der Waals surface area contributed by atoms with E-state index < -0.39 is 0 Å². The Bertz CT molecular complexity index is 256. The van der Waals surface area contributed by atoms with Crippen LogP contribution < -0.4 is 11.2 Å². The fourth-order valence-electron chi connectivity index (χ4n) is 1.12. The molecule has 0 aliphatic heterocycles. The van der Waals surface area contributed by atoms with Crippen molar-refractivity contribution in [3.63, 3.8) is 0 Å². The van der Waals surface area contributed by atoms with Crippen molar-refractivity contribution in [1.82, 2.24) is 5.43 Å². The quantitative estimate of drug-likeness (QED) is 0.305. The molecule has 0 heterocycles. The van der Waals surface area contributed by atoms with Gasteiger partial charge in [0.2, 0.25) is 0 Å². The van der Waals surface area contributed by atoms with Crippen molar-refractivity contribution in [2.45, 2.75) is 33.1 Å². The number of carbonyl (C=O) groups is 1. The summed E-state index contributed by atoms with van der Waals surface area (Å²) in [5.74, 6) is -0.591. The van der Waals surface area contributed by atoms with Gasteiger partial charge < -0.3 is 10.5 Å². The number of hydrogen-bond donors (Lipinski definition) is 2. The molecule has 0 aromatic carbocycles. The molecule has 0 spiro atoms. The highest BCUT2D eigenvalue weighted by molar-refractivity contribution is 7.80. The lowest BCUT2D eigenvalue weighted by Crippen LogP contribution is -2.26. The number of rotatable bonds is 7. The van der Waals surface area contributed by atoms with Crippen LogP contribution in [0.2, 0.25) is 0 Å². The lowest BCUT2D eigenvalue weighted by Gasteiger charge is -2.10. The molecule has 3 N–H and O–H groups in total. The predicted molar refractivity (Wildman–Crippen MR) is 68.1 cm³/mol. The number of nitrogens with two attached hydrogens (primary N) is 1. The zero-order valence-corrected chi connectivity index (χ0v) is 10.5. The Labute approximate surface area is 101 Å². The van der Waals surface area contributed by atoms with E-state index in [2.05, 4.69) is 29.7 Å². The molecular formula is C10H19N3O2S. The van der Waals surface area contributed by atoms with E-state index in [0.717, 1.165) is 19.3 Å². The number of nitrogens with one attached hydrogen (secondary N) is 1. The van der Waals surface area contributed by atoms with Gasteiger partial charge in [-0.15, -0.1) is 0 Å². The Morgan fingerprint density at radius 2 is 2.31 bits per heavy atom. The minimum Gasteiger partial charge on any atom is -0.465 e. The monoisotopic (exact) mass is 245 g/mol. The Hall–Kier alpha value is -1.17. The summed E-state index contributed by atoms with van der Waals surface area (Å²) < 4.78 is 4.94. The Morgan fingerprint density at radius 1 is 1.62 bits per heavy atom. The van der Waals surface area contributed by atoms with Crippen LogP contribution in [-0.4, -0.2) is 23.9 Å². The van der Waals surface area contributed by atoms with E-state index in [0.29, 0.717) is 6.61 Å². The second-order valence-corrected chi connectivity index (χ2v) is 3.69. The summed E-state index contributed by atoms with van der Waals surface area (Å²) in [4.78, 5) is 11.5. The molecule has 0 amide bonds. The minimum atomic E-state index is -0.332. The molecule has 0 aliphatic rings. The van der Waals surface area contributed by atoms with Crippen LogP contribution in [0.5, 0.6) is 0 Å². The summed E-state index contributed by atoms with van der Waals surface area (Å²) in [7, 11) is 0. The lowest BCUT2D eigenvalue weighted by atomic mass is 10.0. The molecule has 0 radical (unpaired) electrons. The number of ether oxygens (including phenoxy) is 1. The number of carbonyl (C=O) groups excluding carboxylic acids is 1. The normalized spacial score (nSPS) is 12.4. The van der Waals surface area contributed by atoms with E-state index in [1.54, 1.807) is 6.92 Å². The summed E-state index contributed by atoms with van der Waals surface area (Å²) in [5, 5.41) is 3.86.